The van der Waals surface area contributed by atoms with Crippen molar-refractivity contribution < 1.29 is 18.6 Å². The standard InChI is InChI=1S/C19H34N4O2/c1-3-5-8-20-10-12-22(16-20)18-24-14-7-15-25-19-23-13-11-21(17-23)9-6-4-2/h10-13,16-17H,3-9,14-15,18-19H2,1-2H3/q+2. The Morgan fingerprint density at radius 2 is 1.20 bits per heavy atom. The lowest BCUT2D eigenvalue weighted by Crippen LogP contribution is -2.33. The molecule has 140 valence electrons. The van der Waals surface area contributed by atoms with Gasteiger partial charge in [-0.3, -0.25) is 0 Å². The van der Waals surface area contributed by atoms with Crippen molar-refractivity contribution in [2.75, 3.05) is 13.2 Å². The largest absolute Gasteiger partial charge is 0.342 e. The SMILES string of the molecule is CCCCn1cc[n+](COCCCOC[n+]2ccn(CCCC)c2)c1. The van der Waals surface area contributed by atoms with Crippen LogP contribution in [-0.4, -0.2) is 22.3 Å². The molecule has 25 heavy (non-hydrogen) atoms. The van der Waals surface area contributed by atoms with Gasteiger partial charge in [-0.05, 0) is 19.3 Å². The van der Waals surface area contributed by atoms with Crippen molar-refractivity contribution in [1.82, 2.24) is 9.13 Å². The number of aromatic nitrogens is 4. The Kier molecular flexibility index (Phi) is 9.29. The van der Waals surface area contributed by atoms with Crippen LogP contribution in [0.15, 0.2) is 37.4 Å². The molecule has 2 aromatic rings. The third-order valence-corrected chi connectivity index (χ3v) is 4.09. The Morgan fingerprint density at radius 3 is 1.64 bits per heavy atom. The van der Waals surface area contributed by atoms with Gasteiger partial charge < -0.3 is 9.47 Å². The molecule has 0 saturated carbocycles. The molecule has 0 unspecified atom stereocenters. The smallest absolute Gasteiger partial charge is 0.245 e. The van der Waals surface area contributed by atoms with Crippen molar-refractivity contribution in [2.24, 2.45) is 0 Å². The lowest BCUT2D eigenvalue weighted by Gasteiger charge is -2.02. The van der Waals surface area contributed by atoms with Gasteiger partial charge in [-0.15, -0.1) is 0 Å². The molecule has 0 radical (unpaired) electrons. The second-order valence-electron chi connectivity index (χ2n) is 6.47. The molecule has 0 spiro atoms. The molecular formula is C19H34N4O2+2. The number of ether oxygens (including phenoxy) is 2. The first kappa shape index (κ1) is 19.7. The highest BCUT2D eigenvalue weighted by Gasteiger charge is 2.04. The summed E-state index contributed by atoms with van der Waals surface area (Å²) in [4.78, 5) is 0. The average molecular weight is 351 g/mol. The van der Waals surface area contributed by atoms with Crippen LogP contribution in [0.25, 0.3) is 0 Å². The molecule has 0 saturated heterocycles. The maximum atomic E-state index is 5.70. The molecule has 2 heterocycles. The molecule has 2 aromatic heterocycles. The molecule has 6 heteroatoms. The summed E-state index contributed by atoms with van der Waals surface area (Å²) >= 11 is 0. The molecule has 0 atom stereocenters. The fraction of sp³-hybridized carbons (Fsp3) is 0.684. The van der Waals surface area contributed by atoms with Crippen LogP contribution in [0.2, 0.25) is 0 Å². The lowest BCUT2D eigenvalue weighted by atomic mass is 10.3. The van der Waals surface area contributed by atoms with E-state index >= 15 is 0 Å². The molecule has 0 N–H and O–H groups in total. The van der Waals surface area contributed by atoms with E-state index < -0.39 is 0 Å². The monoisotopic (exact) mass is 350 g/mol. The Balaban J connectivity index is 1.49. The summed E-state index contributed by atoms with van der Waals surface area (Å²) in [5, 5.41) is 0. The highest BCUT2D eigenvalue weighted by molar-refractivity contribution is 4.66. The molecule has 6 nitrogen and oxygen atoms in total. The Morgan fingerprint density at radius 1 is 0.720 bits per heavy atom. The first-order valence-electron chi connectivity index (χ1n) is 9.57. The van der Waals surface area contributed by atoms with Crippen molar-refractivity contribution >= 4 is 0 Å². The number of unbranched alkanes of at least 4 members (excludes halogenated alkanes) is 2. The molecule has 0 aliphatic carbocycles. The molecular weight excluding hydrogens is 316 g/mol. The van der Waals surface area contributed by atoms with Crippen LogP contribution in [0.3, 0.4) is 0 Å². The first-order chi connectivity index (χ1) is 12.3. The Labute approximate surface area is 151 Å². The van der Waals surface area contributed by atoms with Crippen molar-refractivity contribution in [1.29, 1.82) is 0 Å². The highest BCUT2D eigenvalue weighted by atomic mass is 16.5. The van der Waals surface area contributed by atoms with Crippen LogP contribution < -0.4 is 9.13 Å². The van der Waals surface area contributed by atoms with Crippen LogP contribution in [-0.2, 0) is 36.0 Å². The molecule has 0 fully saturated rings. The first-order valence-corrected chi connectivity index (χ1v) is 9.57. The van der Waals surface area contributed by atoms with E-state index in [1.165, 1.54) is 25.7 Å². The minimum atomic E-state index is 0.605. The predicted molar refractivity (Wildman–Crippen MR) is 95.6 cm³/mol. The van der Waals surface area contributed by atoms with E-state index in [1.54, 1.807) is 0 Å². The number of imidazole rings is 2. The quantitative estimate of drug-likeness (QED) is 0.388. The van der Waals surface area contributed by atoms with Gasteiger partial charge in [0.1, 0.15) is 24.8 Å². The van der Waals surface area contributed by atoms with Gasteiger partial charge in [0.15, 0.2) is 13.5 Å². The maximum Gasteiger partial charge on any atom is 0.245 e. The highest BCUT2D eigenvalue weighted by Crippen LogP contribution is 1.94. The van der Waals surface area contributed by atoms with Crippen LogP contribution in [0.4, 0.5) is 0 Å². The van der Waals surface area contributed by atoms with Gasteiger partial charge in [0.25, 0.3) is 0 Å². The van der Waals surface area contributed by atoms with Gasteiger partial charge in [-0.2, -0.15) is 0 Å². The van der Waals surface area contributed by atoms with Crippen molar-refractivity contribution in [2.45, 2.75) is 72.5 Å². The fourth-order valence-electron chi connectivity index (χ4n) is 2.58. The number of nitrogens with zero attached hydrogens (tertiary/aromatic N) is 4. The summed E-state index contributed by atoms with van der Waals surface area (Å²) in [7, 11) is 0. The lowest BCUT2D eigenvalue weighted by molar-refractivity contribution is -0.733. The van der Waals surface area contributed by atoms with E-state index in [4.69, 9.17) is 9.47 Å². The van der Waals surface area contributed by atoms with Crippen LogP contribution in [0.5, 0.6) is 0 Å². The maximum absolute atomic E-state index is 5.70. The van der Waals surface area contributed by atoms with Gasteiger partial charge in [0.2, 0.25) is 12.7 Å². The second kappa shape index (κ2) is 11.8. The van der Waals surface area contributed by atoms with E-state index in [1.807, 2.05) is 0 Å². The molecule has 2 rings (SSSR count). The van der Waals surface area contributed by atoms with E-state index in [9.17, 15) is 0 Å². The predicted octanol–water partition coefficient (Wildman–Crippen LogP) is 2.50. The van der Waals surface area contributed by atoms with Crippen molar-refractivity contribution in [3.63, 3.8) is 0 Å². The zero-order chi connectivity index (χ0) is 17.7. The number of hydrogen-bond donors (Lipinski definition) is 0. The Hall–Kier alpha value is -1.66. The van der Waals surface area contributed by atoms with Crippen LogP contribution >= 0.6 is 0 Å². The van der Waals surface area contributed by atoms with E-state index in [2.05, 4.69) is 69.6 Å². The Bertz CT molecular complexity index is 529. The minimum absolute atomic E-state index is 0.605. The van der Waals surface area contributed by atoms with Gasteiger partial charge in [-0.1, -0.05) is 26.7 Å². The topological polar surface area (TPSA) is 36.1 Å². The summed E-state index contributed by atoms with van der Waals surface area (Å²) in [5.41, 5.74) is 0. The fourth-order valence-corrected chi connectivity index (χ4v) is 2.58. The zero-order valence-corrected chi connectivity index (χ0v) is 15.8. The number of aryl methyl sites for hydroxylation is 2. The van der Waals surface area contributed by atoms with Crippen LogP contribution in [0.1, 0.15) is 46.0 Å². The minimum Gasteiger partial charge on any atom is -0.342 e. The van der Waals surface area contributed by atoms with Gasteiger partial charge in [0.05, 0.1) is 26.3 Å². The zero-order valence-electron chi connectivity index (χ0n) is 15.8. The second-order valence-corrected chi connectivity index (χ2v) is 6.47. The molecule has 0 amide bonds. The number of hydrogen-bond acceptors (Lipinski definition) is 2. The third-order valence-electron chi connectivity index (χ3n) is 4.09. The molecule has 0 bridgehead atoms. The van der Waals surface area contributed by atoms with Gasteiger partial charge >= 0.3 is 0 Å². The average Bonchev–Trinajstić information content (AvgIpc) is 3.26. The summed E-state index contributed by atoms with van der Waals surface area (Å²) in [6.07, 6.45) is 18.3. The van der Waals surface area contributed by atoms with Crippen molar-refractivity contribution in [3.8, 4) is 0 Å². The van der Waals surface area contributed by atoms with E-state index in [0.29, 0.717) is 13.5 Å². The van der Waals surface area contributed by atoms with Crippen molar-refractivity contribution in [3.05, 3.63) is 37.4 Å². The van der Waals surface area contributed by atoms with E-state index in [-0.39, 0.29) is 0 Å². The third kappa shape index (κ3) is 7.84. The number of rotatable bonds is 14. The summed E-state index contributed by atoms with van der Waals surface area (Å²) in [6.45, 7) is 9.23. The normalized spacial score (nSPS) is 11.3. The van der Waals surface area contributed by atoms with Crippen LogP contribution in [0, 0.1) is 0 Å². The summed E-state index contributed by atoms with van der Waals surface area (Å²) < 4.78 is 20.0. The van der Waals surface area contributed by atoms with Gasteiger partial charge in [-0.25, -0.2) is 18.3 Å². The molecule has 0 aliphatic heterocycles. The molecule has 0 aromatic carbocycles. The van der Waals surface area contributed by atoms with Gasteiger partial charge in [0, 0.05) is 0 Å². The summed E-state index contributed by atoms with van der Waals surface area (Å²) in [6, 6.07) is 0. The summed E-state index contributed by atoms with van der Waals surface area (Å²) in [5.74, 6) is 0. The molecule has 0 aliphatic rings. The van der Waals surface area contributed by atoms with E-state index in [0.717, 1.165) is 32.7 Å².